The lowest BCUT2D eigenvalue weighted by molar-refractivity contribution is 0.273. The summed E-state index contributed by atoms with van der Waals surface area (Å²) in [7, 11) is 1.59. The molecule has 1 heterocycles. The van der Waals surface area contributed by atoms with E-state index < -0.39 is 0 Å². The fraction of sp³-hybridized carbons (Fsp3) is 0.250. The van der Waals surface area contributed by atoms with Crippen molar-refractivity contribution in [1.29, 1.82) is 0 Å². The summed E-state index contributed by atoms with van der Waals surface area (Å²) in [5.41, 5.74) is 2.56. The van der Waals surface area contributed by atoms with Crippen molar-refractivity contribution in [3.8, 4) is 11.5 Å². The molecule has 1 N–H and O–H groups in total. The normalized spacial score (nSPS) is 10.2. The zero-order valence-corrected chi connectivity index (χ0v) is 10.2. The molecule has 0 atom stereocenters. The maximum absolute atomic E-state index is 9.07. The Morgan fingerprint density at radius 1 is 1.35 bits per heavy atom. The van der Waals surface area contributed by atoms with E-state index in [4.69, 9.17) is 14.6 Å². The summed E-state index contributed by atoms with van der Waals surface area (Å²) >= 11 is 1.54. The molecule has 0 aliphatic carbocycles. The van der Waals surface area contributed by atoms with Gasteiger partial charge in [-0.1, -0.05) is 6.07 Å². The van der Waals surface area contributed by atoms with Crippen LogP contribution < -0.4 is 9.47 Å². The fourth-order valence-corrected chi connectivity index (χ4v) is 1.90. The van der Waals surface area contributed by atoms with Gasteiger partial charge in [-0.25, -0.2) is 0 Å². The van der Waals surface area contributed by atoms with E-state index in [1.807, 2.05) is 0 Å². The van der Waals surface area contributed by atoms with Crippen molar-refractivity contribution in [3.63, 3.8) is 0 Å². The van der Waals surface area contributed by atoms with Crippen molar-refractivity contribution < 1.29 is 14.6 Å². The highest BCUT2D eigenvalue weighted by Gasteiger charge is 2.06. The van der Waals surface area contributed by atoms with Gasteiger partial charge < -0.3 is 14.6 Å². The van der Waals surface area contributed by atoms with Crippen molar-refractivity contribution in [1.82, 2.24) is 4.98 Å². The number of nitrogens with zero attached hydrogens (tertiary/aromatic N) is 1. The highest BCUT2D eigenvalue weighted by molar-refractivity contribution is 7.09. The van der Waals surface area contributed by atoms with E-state index in [9.17, 15) is 0 Å². The Morgan fingerprint density at radius 3 is 2.88 bits per heavy atom. The van der Waals surface area contributed by atoms with Crippen molar-refractivity contribution in [3.05, 3.63) is 40.3 Å². The monoisotopic (exact) mass is 251 g/mol. The molecule has 1 aromatic carbocycles. The van der Waals surface area contributed by atoms with Gasteiger partial charge in [-0.3, -0.25) is 4.98 Å². The van der Waals surface area contributed by atoms with E-state index in [2.05, 4.69) is 4.98 Å². The molecule has 0 bridgehead atoms. The molecule has 0 radical (unpaired) electrons. The average molecular weight is 251 g/mol. The Balaban J connectivity index is 2.12. The molecule has 0 spiro atoms. The van der Waals surface area contributed by atoms with E-state index in [-0.39, 0.29) is 6.61 Å². The molecule has 0 saturated heterocycles. The molecule has 0 saturated carbocycles. The maximum atomic E-state index is 9.07. The van der Waals surface area contributed by atoms with Crippen LogP contribution in [0.15, 0.2) is 29.9 Å². The predicted octanol–water partition coefficient (Wildman–Crippen LogP) is 2.22. The van der Waals surface area contributed by atoms with Crippen LogP contribution in [-0.4, -0.2) is 17.2 Å². The molecule has 17 heavy (non-hydrogen) atoms. The van der Waals surface area contributed by atoms with Crippen molar-refractivity contribution in [2.45, 2.75) is 13.2 Å². The average Bonchev–Trinajstić information content (AvgIpc) is 2.89. The number of aromatic nitrogens is 1. The smallest absolute Gasteiger partial charge is 0.162 e. The van der Waals surface area contributed by atoms with Gasteiger partial charge in [0.15, 0.2) is 11.5 Å². The Labute approximate surface area is 103 Å². The quantitative estimate of drug-likeness (QED) is 0.885. The summed E-state index contributed by atoms with van der Waals surface area (Å²) in [6.45, 7) is 0.441. The lowest BCUT2D eigenvalue weighted by atomic mass is 10.2. The van der Waals surface area contributed by atoms with E-state index in [0.717, 1.165) is 10.4 Å². The summed E-state index contributed by atoms with van der Waals surface area (Å²) in [6.07, 6.45) is 1.77. The van der Waals surface area contributed by atoms with Crippen LogP contribution >= 0.6 is 11.3 Å². The summed E-state index contributed by atoms with van der Waals surface area (Å²) in [4.78, 5) is 5.02. The first kappa shape index (κ1) is 11.9. The van der Waals surface area contributed by atoms with Crippen LogP contribution in [0.5, 0.6) is 11.5 Å². The number of hydrogen-bond acceptors (Lipinski definition) is 5. The van der Waals surface area contributed by atoms with Gasteiger partial charge in [0, 0.05) is 6.20 Å². The van der Waals surface area contributed by atoms with Crippen LogP contribution in [0.2, 0.25) is 0 Å². The van der Waals surface area contributed by atoms with Gasteiger partial charge in [0.25, 0.3) is 0 Å². The zero-order chi connectivity index (χ0) is 12.1. The van der Waals surface area contributed by atoms with Gasteiger partial charge >= 0.3 is 0 Å². The molecule has 1 aromatic heterocycles. The summed E-state index contributed by atoms with van der Waals surface area (Å²) < 4.78 is 10.8. The number of aliphatic hydroxyl groups excluding tert-OH is 1. The first-order valence-corrected chi connectivity index (χ1v) is 5.99. The second kappa shape index (κ2) is 5.65. The van der Waals surface area contributed by atoms with Gasteiger partial charge in [0.2, 0.25) is 0 Å². The van der Waals surface area contributed by atoms with Gasteiger partial charge in [0.1, 0.15) is 6.61 Å². The molecule has 0 aliphatic rings. The standard InChI is InChI=1S/C12H13NO3S/c1-15-11-3-2-9(6-14)4-12(11)16-7-10-5-13-8-17-10/h2-5,8,14H,6-7H2,1H3. The number of thiazole rings is 1. The largest absolute Gasteiger partial charge is 0.493 e. The van der Waals surface area contributed by atoms with E-state index in [1.54, 1.807) is 37.0 Å². The van der Waals surface area contributed by atoms with Gasteiger partial charge in [0.05, 0.1) is 24.1 Å². The Morgan fingerprint density at radius 2 is 2.24 bits per heavy atom. The van der Waals surface area contributed by atoms with Gasteiger partial charge in [-0.2, -0.15) is 0 Å². The van der Waals surface area contributed by atoms with E-state index in [1.165, 1.54) is 11.3 Å². The molecule has 0 amide bonds. The van der Waals surface area contributed by atoms with Gasteiger partial charge in [-0.05, 0) is 17.7 Å². The van der Waals surface area contributed by atoms with Gasteiger partial charge in [-0.15, -0.1) is 11.3 Å². The number of methoxy groups -OCH3 is 1. The number of aliphatic hydroxyl groups is 1. The molecule has 90 valence electrons. The Hall–Kier alpha value is -1.59. The third kappa shape index (κ3) is 2.95. The molecule has 0 fully saturated rings. The minimum absolute atomic E-state index is 0.0130. The van der Waals surface area contributed by atoms with Crippen molar-refractivity contribution in [2.75, 3.05) is 7.11 Å². The van der Waals surface area contributed by atoms with Crippen molar-refractivity contribution >= 4 is 11.3 Å². The van der Waals surface area contributed by atoms with Crippen LogP contribution in [0.4, 0.5) is 0 Å². The molecule has 2 aromatic rings. The SMILES string of the molecule is COc1ccc(CO)cc1OCc1cncs1. The van der Waals surface area contributed by atoms with Crippen molar-refractivity contribution in [2.24, 2.45) is 0 Å². The number of benzene rings is 1. The predicted molar refractivity (Wildman–Crippen MR) is 65.4 cm³/mol. The molecule has 5 heteroatoms. The van der Waals surface area contributed by atoms with E-state index in [0.29, 0.717) is 18.1 Å². The van der Waals surface area contributed by atoms with Crippen LogP contribution in [0.3, 0.4) is 0 Å². The highest BCUT2D eigenvalue weighted by atomic mass is 32.1. The minimum atomic E-state index is -0.0130. The summed E-state index contributed by atoms with van der Waals surface area (Å²) in [5, 5.41) is 9.07. The minimum Gasteiger partial charge on any atom is -0.493 e. The summed E-state index contributed by atoms with van der Waals surface area (Å²) in [6, 6.07) is 5.37. The summed E-state index contributed by atoms with van der Waals surface area (Å²) in [5.74, 6) is 1.29. The molecular weight excluding hydrogens is 238 g/mol. The number of rotatable bonds is 5. The third-order valence-corrected chi connectivity index (χ3v) is 3.02. The Kier molecular flexibility index (Phi) is 3.95. The number of ether oxygens (including phenoxy) is 2. The van der Waals surface area contributed by atoms with Crippen LogP contribution in [0.1, 0.15) is 10.4 Å². The third-order valence-electron chi connectivity index (χ3n) is 2.26. The highest BCUT2D eigenvalue weighted by Crippen LogP contribution is 2.29. The molecule has 0 aliphatic heterocycles. The molecular formula is C12H13NO3S. The molecule has 2 rings (SSSR count). The maximum Gasteiger partial charge on any atom is 0.162 e. The fourth-order valence-electron chi connectivity index (χ4n) is 1.39. The molecule has 0 unspecified atom stereocenters. The number of hydrogen-bond donors (Lipinski definition) is 1. The Bertz CT molecular complexity index is 471. The zero-order valence-electron chi connectivity index (χ0n) is 9.42. The second-order valence-corrected chi connectivity index (χ2v) is 4.37. The van der Waals surface area contributed by atoms with Crippen LogP contribution in [-0.2, 0) is 13.2 Å². The van der Waals surface area contributed by atoms with Crippen LogP contribution in [0.25, 0.3) is 0 Å². The topological polar surface area (TPSA) is 51.6 Å². The second-order valence-electron chi connectivity index (χ2n) is 3.40. The van der Waals surface area contributed by atoms with E-state index >= 15 is 0 Å². The first-order valence-electron chi connectivity index (χ1n) is 5.11. The molecule has 4 nitrogen and oxygen atoms in total. The lowest BCUT2D eigenvalue weighted by Gasteiger charge is -2.10. The first-order chi connectivity index (χ1) is 8.33. The lowest BCUT2D eigenvalue weighted by Crippen LogP contribution is -1.97. The van der Waals surface area contributed by atoms with Crippen LogP contribution in [0, 0.1) is 0 Å².